The predicted octanol–water partition coefficient (Wildman–Crippen LogP) is 16.4. The zero-order valence-corrected chi connectivity index (χ0v) is 43.6. The van der Waals surface area contributed by atoms with Crippen LogP contribution in [0.15, 0.2) is 170 Å². The third-order valence-corrected chi connectivity index (χ3v) is 13.3. The van der Waals surface area contributed by atoms with Gasteiger partial charge in [0.2, 0.25) is 0 Å². The van der Waals surface area contributed by atoms with Crippen molar-refractivity contribution in [1.82, 2.24) is 29.9 Å². The quantitative estimate of drug-likeness (QED) is 0.105. The van der Waals surface area contributed by atoms with Gasteiger partial charge in [0.25, 0.3) is 0 Å². The normalized spacial score (nSPS) is 13.9. The second-order valence-electron chi connectivity index (χ2n) is 20.3. The third-order valence-electron chi connectivity index (χ3n) is 13.3. The Kier molecular flexibility index (Phi) is 13.3. The lowest BCUT2D eigenvalue weighted by molar-refractivity contribution is 0.481. The van der Waals surface area contributed by atoms with Crippen molar-refractivity contribution in [1.29, 1.82) is 0 Å². The number of benzene rings is 8. The summed E-state index contributed by atoms with van der Waals surface area (Å²) in [4.78, 5) is 31.0. The summed E-state index contributed by atoms with van der Waals surface area (Å²) in [6, 6.07) is 57.8. The van der Waals surface area contributed by atoms with Gasteiger partial charge in [0.05, 0.1) is 6.42 Å². The van der Waals surface area contributed by atoms with Crippen molar-refractivity contribution in [2.75, 3.05) is 0 Å². The van der Waals surface area contributed by atoms with Crippen molar-refractivity contribution in [3.05, 3.63) is 237 Å². The van der Waals surface area contributed by atoms with Gasteiger partial charge < -0.3 is 14.2 Å². The molecule has 10 aromatic rings. The fourth-order valence-corrected chi connectivity index (χ4v) is 10.2. The summed E-state index contributed by atoms with van der Waals surface area (Å²) >= 11 is 0. The average molecular weight is 983 g/mol. The van der Waals surface area contributed by atoms with Crippen LogP contribution in [0, 0.1) is 55.4 Å². The first kappa shape index (κ1) is 48.4. The third kappa shape index (κ3) is 11.7. The summed E-state index contributed by atoms with van der Waals surface area (Å²) in [6.45, 7) is 16.8. The highest BCUT2D eigenvalue weighted by atomic mass is 16.5. The van der Waals surface area contributed by atoms with Crippen LogP contribution in [0.3, 0.4) is 0 Å². The van der Waals surface area contributed by atoms with E-state index in [2.05, 4.69) is 116 Å². The second-order valence-corrected chi connectivity index (χ2v) is 20.3. The summed E-state index contributed by atoms with van der Waals surface area (Å²) < 4.78 is 19.3. The topological polar surface area (TPSA) is 105 Å². The number of hydrogen-bond acceptors (Lipinski definition) is 9. The van der Waals surface area contributed by atoms with Crippen LogP contribution in [0.5, 0.6) is 34.5 Å². The highest BCUT2D eigenvalue weighted by Gasteiger charge is 2.39. The minimum atomic E-state index is 0.179. The molecule has 8 aromatic carbocycles. The van der Waals surface area contributed by atoms with E-state index in [0.29, 0.717) is 64.0 Å². The van der Waals surface area contributed by atoms with E-state index in [1.807, 2.05) is 109 Å². The standard InChI is InChI=1S/C66H58N6O3/c1-39-21-40(2)26-52(25-39)60-37-59(60)47-13-9-14-48(33-47)63-67-61(68-64(71-63)49-15-10-18-53(34-49)73-56-27-41(3)22-42(4)28-56)38-62-69-65(50-16-11-19-54(35-50)74-57-29-43(5)23-44(6)30-57)72-66(70-62)51-17-12-20-55(36-51)75-58-31-45(7)24-46(8)32-58/h9-36,59-60H,37-38H2,1-8H3. The van der Waals surface area contributed by atoms with Crippen LogP contribution >= 0.6 is 0 Å². The molecule has 2 atom stereocenters. The largest absolute Gasteiger partial charge is 0.457 e. The van der Waals surface area contributed by atoms with Crippen molar-refractivity contribution < 1.29 is 14.2 Å². The van der Waals surface area contributed by atoms with E-state index < -0.39 is 0 Å². The molecule has 1 aliphatic rings. The van der Waals surface area contributed by atoms with Gasteiger partial charge in [-0.3, -0.25) is 0 Å². The summed E-state index contributed by atoms with van der Waals surface area (Å²) in [5.74, 6) is 8.15. The van der Waals surface area contributed by atoms with Gasteiger partial charge in [0, 0.05) is 22.3 Å². The van der Waals surface area contributed by atoms with Crippen LogP contribution in [-0.4, -0.2) is 29.9 Å². The number of ether oxygens (including phenoxy) is 3. The Balaban J connectivity index is 0.998. The first-order valence-electron chi connectivity index (χ1n) is 25.6. The lowest BCUT2D eigenvalue weighted by Gasteiger charge is -2.13. The molecule has 75 heavy (non-hydrogen) atoms. The molecule has 0 bridgehead atoms. The molecule has 0 spiro atoms. The molecular weight excluding hydrogens is 925 g/mol. The van der Waals surface area contributed by atoms with E-state index in [4.69, 9.17) is 44.1 Å². The van der Waals surface area contributed by atoms with E-state index in [1.54, 1.807) is 0 Å². The van der Waals surface area contributed by atoms with Crippen molar-refractivity contribution in [3.8, 4) is 80.0 Å². The highest BCUT2D eigenvalue weighted by Crippen LogP contribution is 2.55. The molecule has 2 unspecified atom stereocenters. The number of aryl methyl sites for hydroxylation is 8. The molecule has 0 aliphatic heterocycles. The number of aromatic nitrogens is 6. The summed E-state index contributed by atoms with van der Waals surface area (Å²) in [6.07, 6.45) is 1.27. The van der Waals surface area contributed by atoms with Crippen LogP contribution < -0.4 is 14.2 Å². The van der Waals surface area contributed by atoms with E-state index in [0.717, 1.165) is 79.3 Å². The van der Waals surface area contributed by atoms with E-state index in [1.165, 1.54) is 22.3 Å². The second kappa shape index (κ2) is 20.6. The van der Waals surface area contributed by atoms with Gasteiger partial charge in [-0.2, -0.15) is 0 Å². The Morgan fingerprint density at radius 1 is 0.307 bits per heavy atom. The molecule has 0 radical (unpaired) electrons. The van der Waals surface area contributed by atoms with Gasteiger partial charge in [-0.05, 0) is 197 Å². The molecule has 11 rings (SSSR count). The molecule has 0 amide bonds. The van der Waals surface area contributed by atoms with Crippen LogP contribution in [-0.2, 0) is 6.42 Å². The number of rotatable bonds is 14. The lowest BCUT2D eigenvalue weighted by Crippen LogP contribution is -2.08. The molecule has 370 valence electrons. The Bertz CT molecular complexity index is 3600. The molecule has 1 saturated carbocycles. The lowest BCUT2D eigenvalue weighted by atomic mass is 9.99. The summed E-state index contributed by atoms with van der Waals surface area (Å²) in [5, 5.41) is 0. The van der Waals surface area contributed by atoms with Gasteiger partial charge in [-0.25, -0.2) is 29.9 Å². The van der Waals surface area contributed by atoms with E-state index >= 15 is 0 Å². The molecule has 2 aromatic heterocycles. The zero-order chi connectivity index (χ0) is 51.7. The first-order chi connectivity index (χ1) is 36.3. The van der Waals surface area contributed by atoms with Crippen LogP contribution in [0.1, 0.15) is 85.5 Å². The van der Waals surface area contributed by atoms with Crippen LogP contribution in [0.25, 0.3) is 45.6 Å². The van der Waals surface area contributed by atoms with Gasteiger partial charge >= 0.3 is 0 Å². The number of nitrogens with zero attached hydrogens (tertiary/aromatic N) is 6. The van der Waals surface area contributed by atoms with Crippen molar-refractivity contribution >= 4 is 0 Å². The van der Waals surface area contributed by atoms with Gasteiger partial charge in [-0.15, -0.1) is 0 Å². The molecule has 0 saturated heterocycles. The average Bonchev–Trinajstić information content (AvgIpc) is 4.18. The molecule has 0 N–H and O–H groups in total. The highest BCUT2D eigenvalue weighted by molar-refractivity contribution is 5.66. The van der Waals surface area contributed by atoms with Gasteiger partial charge in [0.1, 0.15) is 46.1 Å². The maximum Gasteiger partial charge on any atom is 0.163 e. The van der Waals surface area contributed by atoms with Crippen molar-refractivity contribution in [2.24, 2.45) is 0 Å². The van der Waals surface area contributed by atoms with Crippen LogP contribution in [0.4, 0.5) is 0 Å². The van der Waals surface area contributed by atoms with Gasteiger partial charge in [-0.1, -0.05) is 102 Å². The fourth-order valence-electron chi connectivity index (χ4n) is 10.2. The van der Waals surface area contributed by atoms with Gasteiger partial charge in [0.15, 0.2) is 23.3 Å². The Hall–Kier alpha value is -8.82. The Morgan fingerprint density at radius 2 is 0.613 bits per heavy atom. The van der Waals surface area contributed by atoms with Crippen molar-refractivity contribution in [3.63, 3.8) is 0 Å². The molecule has 1 fully saturated rings. The molecule has 2 heterocycles. The first-order valence-corrected chi connectivity index (χ1v) is 25.6. The Morgan fingerprint density at radius 3 is 0.973 bits per heavy atom. The Labute approximate surface area is 439 Å². The minimum Gasteiger partial charge on any atom is -0.457 e. The maximum atomic E-state index is 6.45. The summed E-state index contributed by atoms with van der Waals surface area (Å²) in [5.41, 5.74) is 15.2. The van der Waals surface area contributed by atoms with E-state index in [-0.39, 0.29) is 6.42 Å². The SMILES string of the molecule is Cc1cc(C)cc(Oc2cccc(-c3nc(Cc4nc(-c5cccc(Oc6cc(C)cc(C)c6)c5)nc(-c5cccc(C6CC6c6cc(C)cc(C)c6)c5)n4)nc(-c4cccc(Oc5cc(C)cc(C)c5)c4)n3)c2)c1. The summed E-state index contributed by atoms with van der Waals surface area (Å²) in [7, 11) is 0. The minimum absolute atomic E-state index is 0.179. The molecule has 1 aliphatic carbocycles. The molecule has 9 heteroatoms. The zero-order valence-electron chi connectivity index (χ0n) is 43.6. The fraction of sp³-hybridized carbons (Fsp3) is 0.182. The van der Waals surface area contributed by atoms with Crippen LogP contribution in [0.2, 0.25) is 0 Å². The van der Waals surface area contributed by atoms with E-state index in [9.17, 15) is 0 Å². The maximum absolute atomic E-state index is 6.45. The molecule has 9 nitrogen and oxygen atoms in total. The monoisotopic (exact) mass is 982 g/mol. The number of hydrogen-bond donors (Lipinski definition) is 0. The van der Waals surface area contributed by atoms with Crippen molar-refractivity contribution in [2.45, 2.75) is 80.1 Å². The molecular formula is C66H58N6O3. The smallest absolute Gasteiger partial charge is 0.163 e. The predicted molar refractivity (Wildman–Crippen MR) is 298 cm³/mol.